The summed E-state index contributed by atoms with van der Waals surface area (Å²) >= 11 is 6.12. The van der Waals surface area contributed by atoms with Gasteiger partial charge in [-0.25, -0.2) is 9.78 Å². The predicted molar refractivity (Wildman–Crippen MR) is 102 cm³/mol. The summed E-state index contributed by atoms with van der Waals surface area (Å²) in [6.07, 6.45) is 1.60. The van der Waals surface area contributed by atoms with Crippen LogP contribution >= 0.6 is 11.6 Å². The first-order valence-electron chi connectivity index (χ1n) is 7.77. The Balaban J connectivity index is 1.53. The molecule has 3 rings (SSSR count). The van der Waals surface area contributed by atoms with Crippen LogP contribution in [0, 0.1) is 0 Å². The fraction of sp³-hybridized carbons (Fsp3) is 0.0526. The van der Waals surface area contributed by atoms with E-state index < -0.39 is 0 Å². The molecule has 2 aromatic carbocycles. The number of halogens is 1. The van der Waals surface area contributed by atoms with Crippen molar-refractivity contribution in [2.75, 3.05) is 16.0 Å². The maximum atomic E-state index is 11.9. The van der Waals surface area contributed by atoms with Crippen LogP contribution in [0.3, 0.4) is 0 Å². The van der Waals surface area contributed by atoms with E-state index >= 15 is 0 Å². The van der Waals surface area contributed by atoms with Crippen LogP contribution in [-0.2, 0) is 6.54 Å². The molecule has 0 saturated heterocycles. The maximum absolute atomic E-state index is 11.9. The first-order valence-corrected chi connectivity index (χ1v) is 8.15. The van der Waals surface area contributed by atoms with Crippen LogP contribution in [0.1, 0.15) is 5.56 Å². The van der Waals surface area contributed by atoms with Crippen LogP contribution in [0.5, 0.6) is 0 Å². The molecule has 6 heteroatoms. The molecule has 25 heavy (non-hydrogen) atoms. The average Bonchev–Trinajstić information content (AvgIpc) is 2.63. The minimum absolute atomic E-state index is 0.315. The summed E-state index contributed by atoms with van der Waals surface area (Å²) in [5.74, 6) is 0.703. The standard InChI is InChI=1S/C19H17ClN4O/c20-17-9-5-4-6-14(17)12-21-18-11-10-16(13-22-18)24-19(25)23-15-7-2-1-3-8-15/h1-11,13H,12H2,(H,21,22)(H2,23,24,25). The van der Waals surface area contributed by atoms with Crippen molar-refractivity contribution in [3.8, 4) is 0 Å². The Labute approximate surface area is 151 Å². The van der Waals surface area contributed by atoms with Crippen molar-refractivity contribution in [2.45, 2.75) is 6.54 Å². The number of amides is 2. The molecule has 0 fully saturated rings. The Morgan fingerprint density at radius 2 is 1.60 bits per heavy atom. The highest BCUT2D eigenvalue weighted by molar-refractivity contribution is 6.31. The summed E-state index contributed by atoms with van der Waals surface area (Å²) in [6.45, 7) is 0.577. The number of para-hydroxylation sites is 1. The van der Waals surface area contributed by atoms with Gasteiger partial charge in [-0.1, -0.05) is 48.0 Å². The molecule has 2 amide bonds. The Morgan fingerprint density at radius 3 is 2.32 bits per heavy atom. The molecule has 0 saturated carbocycles. The Kier molecular flexibility index (Phi) is 5.49. The van der Waals surface area contributed by atoms with E-state index in [1.54, 1.807) is 18.3 Å². The van der Waals surface area contributed by atoms with Gasteiger partial charge >= 0.3 is 6.03 Å². The summed E-state index contributed by atoms with van der Waals surface area (Å²) in [7, 11) is 0. The van der Waals surface area contributed by atoms with Gasteiger partial charge in [-0.15, -0.1) is 0 Å². The molecule has 5 nitrogen and oxygen atoms in total. The van der Waals surface area contributed by atoms with Gasteiger partial charge in [-0.3, -0.25) is 0 Å². The lowest BCUT2D eigenvalue weighted by Crippen LogP contribution is -2.19. The number of aromatic nitrogens is 1. The van der Waals surface area contributed by atoms with Crippen LogP contribution in [0.25, 0.3) is 0 Å². The minimum Gasteiger partial charge on any atom is -0.366 e. The molecule has 1 heterocycles. The van der Waals surface area contributed by atoms with Crippen LogP contribution in [0.15, 0.2) is 72.9 Å². The van der Waals surface area contributed by atoms with Gasteiger partial charge in [-0.2, -0.15) is 0 Å². The van der Waals surface area contributed by atoms with Gasteiger partial charge in [-0.05, 0) is 35.9 Å². The van der Waals surface area contributed by atoms with Crippen LogP contribution in [-0.4, -0.2) is 11.0 Å². The van der Waals surface area contributed by atoms with Gasteiger partial charge in [0.15, 0.2) is 0 Å². The molecule has 0 unspecified atom stereocenters. The van der Waals surface area contributed by atoms with Crippen molar-refractivity contribution in [3.63, 3.8) is 0 Å². The molecule has 0 aliphatic rings. The highest BCUT2D eigenvalue weighted by Gasteiger charge is 2.04. The van der Waals surface area contributed by atoms with E-state index in [4.69, 9.17) is 11.6 Å². The minimum atomic E-state index is -0.315. The van der Waals surface area contributed by atoms with Crippen LogP contribution in [0.2, 0.25) is 5.02 Å². The van der Waals surface area contributed by atoms with Gasteiger partial charge in [0.2, 0.25) is 0 Å². The molecule has 0 aliphatic carbocycles. The van der Waals surface area contributed by atoms with E-state index in [1.165, 1.54) is 0 Å². The van der Waals surface area contributed by atoms with Crippen LogP contribution < -0.4 is 16.0 Å². The zero-order valence-electron chi connectivity index (χ0n) is 13.4. The van der Waals surface area contributed by atoms with E-state index in [0.717, 1.165) is 11.3 Å². The van der Waals surface area contributed by atoms with Crippen molar-refractivity contribution in [3.05, 3.63) is 83.5 Å². The molecule has 0 aliphatic heterocycles. The number of nitrogens with one attached hydrogen (secondary N) is 3. The lowest BCUT2D eigenvalue weighted by atomic mass is 10.2. The zero-order valence-corrected chi connectivity index (χ0v) is 14.1. The lowest BCUT2D eigenvalue weighted by Gasteiger charge is -2.09. The van der Waals surface area contributed by atoms with Crippen molar-refractivity contribution < 1.29 is 4.79 Å². The molecular formula is C19H17ClN4O. The number of hydrogen-bond acceptors (Lipinski definition) is 3. The molecule has 3 N–H and O–H groups in total. The molecule has 0 radical (unpaired) electrons. The van der Waals surface area contributed by atoms with E-state index in [0.29, 0.717) is 23.1 Å². The second kappa shape index (κ2) is 8.17. The molecule has 0 atom stereocenters. The van der Waals surface area contributed by atoms with Crippen molar-refractivity contribution >= 4 is 34.8 Å². The third-order valence-corrected chi connectivity index (χ3v) is 3.84. The molecule has 0 bridgehead atoms. The SMILES string of the molecule is O=C(Nc1ccccc1)Nc1ccc(NCc2ccccc2Cl)nc1. The van der Waals surface area contributed by atoms with E-state index in [1.807, 2.05) is 54.6 Å². The maximum Gasteiger partial charge on any atom is 0.323 e. The summed E-state index contributed by atoms with van der Waals surface area (Å²) in [6, 6.07) is 20.2. The number of benzene rings is 2. The summed E-state index contributed by atoms with van der Waals surface area (Å²) < 4.78 is 0. The zero-order chi connectivity index (χ0) is 17.5. The Bertz CT molecular complexity index is 838. The number of carbonyl (C=O) groups is 1. The predicted octanol–water partition coefficient (Wildman–Crippen LogP) is 4.99. The molecule has 126 valence electrons. The van der Waals surface area contributed by atoms with E-state index in [9.17, 15) is 4.79 Å². The second-order valence-corrected chi connectivity index (χ2v) is 5.73. The number of anilines is 3. The molecular weight excluding hydrogens is 336 g/mol. The van der Waals surface area contributed by atoms with Gasteiger partial charge < -0.3 is 16.0 Å². The van der Waals surface area contributed by atoms with Crippen molar-refractivity contribution in [2.24, 2.45) is 0 Å². The number of carbonyl (C=O) groups excluding carboxylic acids is 1. The highest BCUT2D eigenvalue weighted by Crippen LogP contribution is 2.17. The number of urea groups is 1. The number of hydrogen-bond donors (Lipinski definition) is 3. The lowest BCUT2D eigenvalue weighted by molar-refractivity contribution is 0.262. The molecule has 0 spiro atoms. The first kappa shape index (κ1) is 16.8. The van der Waals surface area contributed by atoms with E-state index in [-0.39, 0.29) is 6.03 Å². The van der Waals surface area contributed by atoms with E-state index in [2.05, 4.69) is 20.9 Å². The van der Waals surface area contributed by atoms with Crippen molar-refractivity contribution in [1.82, 2.24) is 4.98 Å². The van der Waals surface area contributed by atoms with Crippen molar-refractivity contribution in [1.29, 1.82) is 0 Å². The summed E-state index contributed by atoms with van der Waals surface area (Å²) in [4.78, 5) is 16.2. The number of nitrogens with zero attached hydrogens (tertiary/aromatic N) is 1. The van der Waals surface area contributed by atoms with Crippen LogP contribution in [0.4, 0.5) is 22.0 Å². The summed E-state index contributed by atoms with van der Waals surface area (Å²) in [5.41, 5.74) is 2.33. The quantitative estimate of drug-likeness (QED) is 0.606. The third kappa shape index (κ3) is 4.96. The smallest absolute Gasteiger partial charge is 0.323 e. The Morgan fingerprint density at radius 1 is 0.880 bits per heavy atom. The number of pyridine rings is 1. The summed E-state index contributed by atoms with van der Waals surface area (Å²) in [5, 5.41) is 9.40. The largest absolute Gasteiger partial charge is 0.366 e. The normalized spacial score (nSPS) is 10.1. The first-order chi connectivity index (χ1) is 12.2. The molecule has 1 aromatic heterocycles. The van der Waals surface area contributed by atoms with Gasteiger partial charge in [0, 0.05) is 17.3 Å². The highest BCUT2D eigenvalue weighted by atomic mass is 35.5. The fourth-order valence-corrected chi connectivity index (χ4v) is 2.42. The molecule has 3 aromatic rings. The Hall–Kier alpha value is -3.05. The van der Waals surface area contributed by atoms with Gasteiger partial charge in [0.05, 0.1) is 11.9 Å². The topological polar surface area (TPSA) is 66.1 Å². The second-order valence-electron chi connectivity index (χ2n) is 5.32. The van der Waals surface area contributed by atoms with Gasteiger partial charge in [0.1, 0.15) is 5.82 Å². The average molecular weight is 353 g/mol. The third-order valence-electron chi connectivity index (χ3n) is 3.47. The fourth-order valence-electron chi connectivity index (χ4n) is 2.21. The monoisotopic (exact) mass is 352 g/mol. The number of rotatable bonds is 5. The van der Waals surface area contributed by atoms with Gasteiger partial charge in [0.25, 0.3) is 0 Å².